The third-order valence-electron chi connectivity index (χ3n) is 4.10. The summed E-state index contributed by atoms with van der Waals surface area (Å²) >= 11 is 5.94. The molecule has 1 unspecified atom stereocenters. The van der Waals surface area contributed by atoms with Gasteiger partial charge in [-0.1, -0.05) is 37.6 Å². The van der Waals surface area contributed by atoms with Crippen LogP contribution in [0.3, 0.4) is 0 Å². The van der Waals surface area contributed by atoms with Crippen LogP contribution < -0.4 is 10.6 Å². The second-order valence-electron chi connectivity index (χ2n) is 5.20. The molecule has 0 spiro atoms. The van der Waals surface area contributed by atoms with Gasteiger partial charge in [0.15, 0.2) is 0 Å². The predicted octanol–water partition coefficient (Wildman–Crippen LogP) is 3.54. The van der Waals surface area contributed by atoms with Crippen LogP contribution in [0.1, 0.15) is 39.2 Å². The molecule has 0 heterocycles. The lowest BCUT2D eigenvalue weighted by Gasteiger charge is -2.31. The van der Waals surface area contributed by atoms with Crippen molar-refractivity contribution in [3.63, 3.8) is 0 Å². The van der Waals surface area contributed by atoms with E-state index >= 15 is 0 Å². The molecule has 1 aromatic carbocycles. The van der Waals surface area contributed by atoms with Crippen LogP contribution in [0.4, 0.5) is 0 Å². The van der Waals surface area contributed by atoms with Crippen LogP contribution in [0.15, 0.2) is 24.3 Å². The van der Waals surface area contributed by atoms with Gasteiger partial charge in [-0.15, -0.1) is 12.4 Å². The summed E-state index contributed by atoms with van der Waals surface area (Å²) in [6, 6.07) is 7.86. The Morgan fingerprint density at radius 2 is 1.76 bits per heavy atom. The van der Waals surface area contributed by atoms with E-state index in [1.54, 1.807) is 0 Å². The summed E-state index contributed by atoms with van der Waals surface area (Å²) in [7, 11) is 1.89. The molecule has 0 aliphatic rings. The Morgan fingerprint density at radius 1 is 1.24 bits per heavy atom. The van der Waals surface area contributed by atoms with E-state index in [1.807, 2.05) is 38.2 Å². The van der Waals surface area contributed by atoms with Crippen LogP contribution in [0.5, 0.6) is 0 Å². The molecule has 1 amide bonds. The van der Waals surface area contributed by atoms with Crippen LogP contribution in [-0.4, -0.2) is 25.5 Å². The topological polar surface area (TPSA) is 41.1 Å². The molecule has 0 aliphatic heterocycles. The van der Waals surface area contributed by atoms with Crippen LogP contribution in [-0.2, 0) is 10.2 Å². The van der Waals surface area contributed by atoms with Gasteiger partial charge < -0.3 is 10.6 Å². The molecule has 0 aliphatic carbocycles. The van der Waals surface area contributed by atoms with Crippen molar-refractivity contribution in [3.05, 3.63) is 34.9 Å². The average molecular weight is 333 g/mol. The highest BCUT2D eigenvalue weighted by Gasteiger charge is 2.36. The highest BCUT2D eigenvalue weighted by atomic mass is 35.5. The van der Waals surface area contributed by atoms with E-state index in [4.69, 9.17) is 11.6 Å². The second-order valence-corrected chi connectivity index (χ2v) is 5.63. The van der Waals surface area contributed by atoms with Gasteiger partial charge in [0.2, 0.25) is 5.91 Å². The zero-order chi connectivity index (χ0) is 15.2. The first-order valence-corrected chi connectivity index (χ1v) is 7.59. The molecule has 3 nitrogen and oxygen atoms in total. The first kappa shape index (κ1) is 20.2. The van der Waals surface area contributed by atoms with E-state index in [0.29, 0.717) is 11.6 Å². The average Bonchev–Trinajstić information content (AvgIpc) is 2.48. The summed E-state index contributed by atoms with van der Waals surface area (Å²) < 4.78 is 0. The Balaban J connectivity index is 0.00000400. The Labute approximate surface area is 139 Å². The van der Waals surface area contributed by atoms with Gasteiger partial charge in [0.25, 0.3) is 0 Å². The number of likely N-dealkylation sites (N-methyl/N-ethyl adjacent to an activating group) is 1. The highest BCUT2D eigenvalue weighted by Crippen LogP contribution is 2.32. The van der Waals surface area contributed by atoms with Gasteiger partial charge in [0.05, 0.1) is 5.41 Å². The van der Waals surface area contributed by atoms with Gasteiger partial charge >= 0.3 is 0 Å². The first-order chi connectivity index (χ1) is 9.50. The van der Waals surface area contributed by atoms with Gasteiger partial charge in [-0.3, -0.25) is 4.79 Å². The van der Waals surface area contributed by atoms with Gasteiger partial charge in [0, 0.05) is 17.6 Å². The molecular formula is C16H26Cl2N2O. The molecule has 1 atom stereocenters. The summed E-state index contributed by atoms with van der Waals surface area (Å²) in [5, 5.41) is 6.87. The number of hydrogen-bond donors (Lipinski definition) is 2. The fourth-order valence-corrected chi connectivity index (χ4v) is 2.52. The van der Waals surface area contributed by atoms with Crippen LogP contribution in [0, 0.1) is 0 Å². The Hall–Kier alpha value is -0.770. The van der Waals surface area contributed by atoms with Gasteiger partial charge in [-0.25, -0.2) is 0 Å². The zero-order valence-corrected chi connectivity index (χ0v) is 14.8. The fraction of sp³-hybridized carbons (Fsp3) is 0.562. The quantitative estimate of drug-likeness (QED) is 0.801. The summed E-state index contributed by atoms with van der Waals surface area (Å²) in [4.78, 5) is 12.7. The van der Waals surface area contributed by atoms with Gasteiger partial charge in [0.1, 0.15) is 0 Å². The summed E-state index contributed by atoms with van der Waals surface area (Å²) in [6.45, 7) is 6.78. The molecular weight excluding hydrogens is 307 g/mol. The SMILES string of the molecule is CCC(CC)(C(=O)NCC(C)NC)c1ccc(Cl)cc1.Cl. The minimum absolute atomic E-state index is 0. The summed E-state index contributed by atoms with van der Waals surface area (Å²) in [5.41, 5.74) is 0.555. The van der Waals surface area contributed by atoms with Crippen molar-refractivity contribution in [3.8, 4) is 0 Å². The van der Waals surface area contributed by atoms with E-state index in [9.17, 15) is 4.79 Å². The summed E-state index contributed by atoms with van der Waals surface area (Å²) in [6.07, 6.45) is 1.54. The number of carbonyl (C=O) groups is 1. The van der Waals surface area contributed by atoms with Crippen molar-refractivity contribution in [2.75, 3.05) is 13.6 Å². The molecule has 0 saturated heterocycles. The van der Waals surface area contributed by atoms with E-state index in [2.05, 4.69) is 24.5 Å². The normalized spacial score (nSPS) is 12.4. The molecule has 1 rings (SSSR count). The zero-order valence-electron chi connectivity index (χ0n) is 13.2. The molecule has 0 fully saturated rings. The minimum atomic E-state index is -0.474. The molecule has 1 aromatic rings. The van der Waals surface area contributed by atoms with Crippen molar-refractivity contribution in [1.82, 2.24) is 10.6 Å². The first-order valence-electron chi connectivity index (χ1n) is 7.21. The largest absolute Gasteiger partial charge is 0.354 e. The van der Waals surface area contributed by atoms with Crippen molar-refractivity contribution in [2.45, 2.75) is 45.1 Å². The molecule has 2 N–H and O–H groups in total. The van der Waals surface area contributed by atoms with E-state index < -0.39 is 5.41 Å². The van der Waals surface area contributed by atoms with Crippen molar-refractivity contribution in [1.29, 1.82) is 0 Å². The third kappa shape index (κ3) is 4.87. The molecule has 120 valence electrons. The maximum absolute atomic E-state index is 12.7. The third-order valence-corrected chi connectivity index (χ3v) is 4.35. The van der Waals surface area contributed by atoms with Crippen LogP contribution in [0.2, 0.25) is 5.02 Å². The van der Waals surface area contributed by atoms with E-state index in [0.717, 1.165) is 18.4 Å². The Bertz CT molecular complexity index is 430. The maximum atomic E-state index is 12.7. The number of carbonyl (C=O) groups excluding carboxylic acids is 1. The molecule has 0 radical (unpaired) electrons. The second kappa shape index (κ2) is 9.29. The number of halogens is 2. The van der Waals surface area contributed by atoms with Gasteiger partial charge in [-0.2, -0.15) is 0 Å². The van der Waals surface area contributed by atoms with Crippen LogP contribution >= 0.6 is 24.0 Å². The van der Waals surface area contributed by atoms with Crippen molar-refractivity contribution >= 4 is 29.9 Å². The maximum Gasteiger partial charge on any atom is 0.230 e. The lowest BCUT2D eigenvalue weighted by molar-refractivity contribution is -0.127. The lowest BCUT2D eigenvalue weighted by atomic mass is 9.75. The number of amides is 1. The molecule has 0 bridgehead atoms. The summed E-state index contributed by atoms with van der Waals surface area (Å²) in [5.74, 6) is 0.0897. The van der Waals surface area contributed by atoms with Gasteiger partial charge in [-0.05, 0) is 44.5 Å². The number of hydrogen-bond acceptors (Lipinski definition) is 2. The van der Waals surface area contributed by atoms with Crippen molar-refractivity contribution in [2.24, 2.45) is 0 Å². The van der Waals surface area contributed by atoms with E-state index in [-0.39, 0.29) is 24.4 Å². The minimum Gasteiger partial charge on any atom is -0.354 e. The van der Waals surface area contributed by atoms with E-state index in [1.165, 1.54) is 0 Å². The van der Waals surface area contributed by atoms with Crippen molar-refractivity contribution < 1.29 is 4.79 Å². The standard InChI is InChI=1S/C16H25ClN2O.ClH/c1-5-16(6-2,13-7-9-14(17)10-8-13)15(20)19-11-12(3)18-4;/h7-10,12,18H,5-6,11H2,1-4H3,(H,19,20);1H. The smallest absolute Gasteiger partial charge is 0.230 e. The highest BCUT2D eigenvalue weighted by molar-refractivity contribution is 6.30. The molecule has 0 aromatic heterocycles. The molecule has 21 heavy (non-hydrogen) atoms. The molecule has 0 saturated carbocycles. The number of nitrogens with one attached hydrogen (secondary N) is 2. The Kier molecular flexibility index (Phi) is 8.95. The van der Waals surface area contributed by atoms with Crippen LogP contribution in [0.25, 0.3) is 0 Å². The Morgan fingerprint density at radius 3 is 2.19 bits per heavy atom. The molecule has 5 heteroatoms. The number of rotatable bonds is 7. The lowest BCUT2D eigenvalue weighted by Crippen LogP contribution is -2.47. The predicted molar refractivity (Wildman–Crippen MR) is 92.5 cm³/mol. The fourth-order valence-electron chi connectivity index (χ4n) is 2.40. The number of benzene rings is 1. The monoisotopic (exact) mass is 332 g/mol.